The number of aromatic nitrogens is 4. The number of nitrogens with zero attached hydrogens (tertiary/aromatic N) is 5. The first-order chi connectivity index (χ1) is 13.6. The number of fused-ring (bicyclic) bond motifs is 1. The van der Waals surface area contributed by atoms with Crippen LogP contribution >= 0.6 is 0 Å². The van der Waals surface area contributed by atoms with Gasteiger partial charge in [0.15, 0.2) is 17.6 Å². The molecule has 3 heterocycles. The van der Waals surface area contributed by atoms with Crippen molar-refractivity contribution in [3.8, 4) is 11.5 Å². The van der Waals surface area contributed by atoms with Gasteiger partial charge in [0.1, 0.15) is 5.82 Å². The van der Waals surface area contributed by atoms with Gasteiger partial charge >= 0.3 is 0 Å². The summed E-state index contributed by atoms with van der Waals surface area (Å²) in [7, 11) is 5.15. The maximum Gasteiger partial charge on any atom is 0.161 e. The van der Waals surface area contributed by atoms with Crippen molar-refractivity contribution in [2.75, 3.05) is 20.8 Å². The largest absolute Gasteiger partial charge is 0.493 e. The van der Waals surface area contributed by atoms with Crippen LogP contribution in [0.3, 0.4) is 0 Å². The molecule has 28 heavy (non-hydrogen) atoms. The molecule has 1 aromatic carbocycles. The van der Waals surface area contributed by atoms with Crippen LogP contribution in [0.5, 0.6) is 11.5 Å². The number of ether oxygens (including phenoxy) is 2. The van der Waals surface area contributed by atoms with Crippen molar-refractivity contribution in [3.63, 3.8) is 0 Å². The van der Waals surface area contributed by atoms with Gasteiger partial charge in [-0.3, -0.25) is 9.58 Å². The van der Waals surface area contributed by atoms with E-state index >= 15 is 0 Å². The molecule has 0 radical (unpaired) electrons. The van der Waals surface area contributed by atoms with Gasteiger partial charge in [-0.15, -0.1) is 0 Å². The second-order valence-corrected chi connectivity index (χ2v) is 6.98. The Bertz CT molecular complexity index is 965. The Kier molecular flexibility index (Phi) is 5.06. The average Bonchev–Trinajstić information content (AvgIpc) is 3.33. The van der Waals surface area contributed by atoms with Gasteiger partial charge < -0.3 is 19.1 Å². The lowest BCUT2D eigenvalue weighted by Crippen LogP contribution is -2.33. The number of methoxy groups -OCH3 is 2. The summed E-state index contributed by atoms with van der Waals surface area (Å²) in [6.45, 7) is 3.26. The molecule has 2 aromatic heterocycles. The Balaban J connectivity index is 1.48. The third-order valence-corrected chi connectivity index (χ3v) is 5.13. The van der Waals surface area contributed by atoms with Crippen molar-refractivity contribution >= 4 is 0 Å². The van der Waals surface area contributed by atoms with Crippen LogP contribution in [-0.4, -0.2) is 50.1 Å². The van der Waals surface area contributed by atoms with E-state index in [1.807, 2.05) is 40.7 Å². The Morgan fingerprint density at radius 3 is 2.68 bits per heavy atom. The van der Waals surface area contributed by atoms with Crippen molar-refractivity contribution < 1.29 is 14.6 Å². The minimum Gasteiger partial charge on any atom is -0.493 e. The molecular weight excluding hydrogens is 358 g/mol. The topological polar surface area (TPSA) is 77.6 Å². The molecule has 0 unspecified atom stereocenters. The van der Waals surface area contributed by atoms with E-state index in [0.29, 0.717) is 11.5 Å². The molecule has 1 N–H and O–H groups in total. The van der Waals surface area contributed by atoms with E-state index in [1.54, 1.807) is 20.4 Å². The van der Waals surface area contributed by atoms with E-state index in [-0.39, 0.29) is 0 Å². The van der Waals surface area contributed by atoms with Gasteiger partial charge in [0.25, 0.3) is 0 Å². The first kappa shape index (κ1) is 18.5. The van der Waals surface area contributed by atoms with Crippen LogP contribution in [0.2, 0.25) is 0 Å². The molecule has 1 atom stereocenters. The maximum absolute atomic E-state index is 10.6. The van der Waals surface area contributed by atoms with Gasteiger partial charge in [-0.2, -0.15) is 5.10 Å². The van der Waals surface area contributed by atoms with E-state index < -0.39 is 6.10 Å². The van der Waals surface area contributed by atoms with Crippen LogP contribution in [0.1, 0.15) is 28.9 Å². The van der Waals surface area contributed by atoms with Gasteiger partial charge in [-0.05, 0) is 23.8 Å². The summed E-state index contributed by atoms with van der Waals surface area (Å²) in [6, 6.07) is 7.98. The van der Waals surface area contributed by atoms with Crippen LogP contribution in [0.15, 0.2) is 36.7 Å². The lowest BCUT2D eigenvalue weighted by Gasteiger charge is -2.27. The number of hydrogen-bond acceptors (Lipinski definition) is 6. The monoisotopic (exact) mass is 383 g/mol. The van der Waals surface area contributed by atoms with Crippen LogP contribution in [0.25, 0.3) is 0 Å². The number of aryl methyl sites for hydroxylation is 1. The third-order valence-electron chi connectivity index (χ3n) is 5.13. The standard InChI is InChI=1S/C20H25N5O3/c1-23-7-6-21-20(23)19(26)16-11-15-13-24(8-9-25(15)22-16)12-14-4-5-17(27-2)18(10-14)28-3/h4-7,10-11,19,26H,8-9,12-13H2,1-3H3/t19-/m1/s1. The lowest BCUT2D eigenvalue weighted by molar-refractivity contribution is 0.194. The summed E-state index contributed by atoms with van der Waals surface area (Å²) in [6.07, 6.45) is 2.68. The summed E-state index contributed by atoms with van der Waals surface area (Å²) in [5, 5.41) is 15.2. The quantitative estimate of drug-likeness (QED) is 0.699. The molecule has 4 rings (SSSR count). The first-order valence-electron chi connectivity index (χ1n) is 9.24. The number of imidazole rings is 1. The van der Waals surface area contributed by atoms with Crippen molar-refractivity contribution in [1.82, 2.24) is 24.2 Å². The Labute approximate surface area is 163 Å². The van der Waals surface area contributed by atoms with Gasteiger partial charge in [-0.25, -0.2) is 4.98 Å². The van der Waals surface area contributed by atoms with Crippen molar-refractivity contribution in [2.45, 2.75) is 25.7 Å². The van der Waals surface area contributed by atoms with E-state index in [0.717, 1.165) is 43.4 Å². The van der Waals surface area contributed by atoms with E-state index in [1.165, 1.54) is 5.56 Å². The van der Waals surface area contributed by atoms with E-state index in [4.69, 9.17) is 9.47 Å². The SMILES string of the molecule is COc1ccc(CN2CCn3nc([C@@H](O)c4nccn4C)cc3C2)cc1OC. The molecule has 8 heteroatoms. The van der Waals surface area contributed by atoms with Crippen molar-refractivity contribution in [2.24, 2.45) is 7.05 Å². The summed E-state index contributed by atoms with van der Waals surface area (Å²) < 4.78 is 14.5. The smallest absolute Gasteiger partial charge is 0.161 e. The number of rotatable bonds is 6. The highest BCUT2D eigenvalue weighted by atomic mass is 16.5. The molecule has 0 saturated carbocycles. The first-order valence-corrected chi connectivity index (χ1v) is 9.24. The van der Waals surface area contributed by atoms with Gasteiger partial charge in [0, 0.05) is 39.1 Å². The Morgan fingerprint density at radius 1 is 1.14 bits per heavy atom. The number of hydrogen-bond donors (Lipinski definition) is 1. The molecule has 0 fully saturated rings. The molecule has 0 bridgehead atoms. The van der Waals surface area contributed by atoms with Crippen molar-refractivity contribution in [1.29, 1.82) is 0 Å². The molecule has 148 valence electrons. The second-order valence-electron chi connectivity index (χ2n) is 6.98. The normalized spacial score (nSPS) is 15.3. The summed E-state index contributed by atoms with van der Waals surface area (Å²) in [5.74, 6) is 2.07. The number of aliphatic hydroxyl groups excluding tert-OH is 1. The highest BCUT2D eigenvalue weighted by Gasteiger charge is 2.24. The fraction of sp³-hybridized carbons (Fsp3) is 0.400. The highest BCUT2D eigenvalue weighted by molar-refractivity contribution is 5.42. The zero-order chi connectivity index (χ0) is 19.7. The molecule has 0 aliphatic carbocycles. The highest BCUT2D eigenvalue weighted by Crippen LogP contribution is 2.29. The molecule has 1 aliphatic heterocycles. The predicted octanol–water partition coefficient (Wildman–Crippen LogP) is 1.73. The van der Waals surface area contributed by atoms with E-state index in [9.17, 15) is 5.11 Å². The molecule has 0 saturated heterocycles. The zero-order valence-electron chi connectivity index (χ0n) is 16.4. The van der Waals surface area contributed by atoms with E-state index in [2.05, 4.69) is 21.0 Å². The van der Waals surface area contributed by atoms with Crippen LogP contribution in [-0.2, 0) is 26.7 Å². The maximum atomic E-state index is 10.6. The zero-order valence-corrected chi connectivity index (χ0v) is 16.4. The van der Waals surface area contributed by atoms with Crippen molar-refractivity contribution in [3.05, 3.63) is 59.4 Å². The molecule has 3 aromatic rings. The molecule has 0 amide bonds. The minimum absolute atomic E-state index is 0.595. The fourth-order valence-electron chi connectivity index (χ4n) is 3.62. The minimum atomic E-state index is -0.822. The summed E-state index contributed by atoms with van der Waals surface area (Å²) >= 11 is 0. The second kappa shape index (κ2) is 7.65. The Hall–Kier alpha value is -2.84. The van der Waals surface area contributed by atoms with Crippen LogP contribution < -0.4 is 9.47 Å². The molecule has 0 spiro atoms. The van der Waals surface area contributed by atoms with Crippen LogP contribution in [0, 0.1) is 0 Å². The predicted molar refractivity (Wildman–Crippen MR) is 103 cm³/mol. The molecule has 1 aliphatic rings. The summed E-state index contributed by atoms with van der Waals surface area (Å²) in [4.78, 5) is 6.59. The summed E-state index contributed by atoms with van der Waals surface area (Å²) in [5.41, 5.74) is 2.89. The van der Waals surface area contributed by atoms with Gasteiger partial charge in [0.05, 0.1) is 32.2 Å². The number of aliphatic hydroxyl groups is 1. The lowest BCUT2D eigenvalue weighted by atomic mass is 10.1. The van der Waals surface area contributed by atoms with Gasteiger partial charge in [-0.1, -0.05) is 6.07 Å². The van der Waals surface area contributed by atoms with Crippen LogP contribution in [0.4, 0.5) is 0 Å². The Morgan fingerprint density at radius 2 is 1.96 bits per heavy atom. The number of benzene rings is 1. The van der Waals surface area contributed by atoms with Gasteiger partial charge in [0.2, 0.25) is 0 Å². The molecule has 8 nitrogen and oxygen atoms in total. The average molecular weight is 383 g/mol. The fourth-order valence-corrected chi connectivity index (χ4v) is 3.62. The third kappa shape index (κ3) is 3.48. The molecular formula is C20H25N5O3.